The number of amides is 2. The van der Waals surface area contributed by atoms with Crippen molar-refractivity contribution in [3.8, 4) is 5.75 Å². The largest absolute Gasteiger partial charge is 0.486 e. The molecule has 2 aromatic heterocycles. The molecule has 3 aromatic rings. The molecule has 0 saturated carbocycles. The predicted molar refractivity (Wildman–Crippen MR) is 114 cm³/mol. The number of hydrogen-bond donors (Lipinski definition) is 1. The highest BCUT2D eigenvalue weighted by Gasteiger charge is 2.34. The number of benzene rings is 1. The van der Waals surface area contributed by atoms with Crippen molar-refractivity contribution in [3.63, 3.8) is 0 Å². The van der Waals surface area contributed by atoms with Gasteiger partial charge in [-0.2, -0.15) is 0 Å². The number of aromatic nitrogens is 2. The number of ether oxygens (including phenoxy) is 1. The monoisotopic (exact) mass is 476 g/mol. The Morgan fingerprint density at radius 3 is 2.85 bits per heavy atom. The van der Waals surface area contributed by atoms with E-state index in [2.05, 4.69) is 15.3 Å². The number of nitrogens with zero attached hydrogens (tertiary/aromatic N) is 3. The summed E-state index contributed by atoms with van der Waals surface area (Å²) in [6.07, 6.45) is 1.48. The van der Waals surface area contributed by atoms with Gasteiger partial charge in [0, 0.05) is 17.3 Å². The smallest absolute Gasteiger partial charge is 0.272 e. The van der Waals surface area contributed by atoms with E-state index in [0.29, 0.717) is 28.2 Å². The highest BCUT2D eigenvalue weighted by atomic mass is 35.5. The van der Waals surface area contributed by atoms with Gasteiger partial charge in [0.25, 0.3) is 12.3 Å². The molecule has 3 heterocycles. The quantitative estimate of drug-likeness (QED) is 0.521. The molecule has 1 unspecified atom stereocenters. The fourth-order valence-electron chi connectivity index (χ4n) is 3.56. The van der Waals surface area contributed by atoms with Gasteiger partial charge >= 0.3 is 0 Å². The lowest BCUT2D eigenvalue weighted by molar-refractivity contribution is -0.115. The zero-order valence-electron chi connectivity index (χ0n) is 17.4. The van der Waals surface area contributed by atoms with Crippen molar-refractivity contribution >= 4 is 29.2 Å². The summed E-state index contributed by atoms with van der Waals surface area (Å²) in [5, 5.41) is 2.90. The summed E-state index contributed by atoms with van der Waals surface area (Å²) < 4.78 is 34.7. The molecule has 0 fully saturated rings. The third kappa shape index (κ3) is 4.95. The van der Waals surface area contributed by atoms with Crippen molar-refractivity contribution in [3.05, 3.63) is 70.5 Å². The average molecular weight is 477 g/mol. The topological polar surface area (TPSA) is 97.6 Å². The Balaban J connectivity index is 1.49. The zero-order valence-corrected chi connectivity index (χ0v) is 18.2. The van der Waals surface area contributed by atoms with Crippen LogP contribution < -0.4 is 10.1 Å². The predicted octanol–water partition coefficient (Wildman–Crippen LogP) is 4.27. The van der Waals surface area contributed by atoms with Gasteiger partial charge in [-0.15, -0.1) is 0 Å². The number of nitrogens with one attached hydrogen (secondary N) is 1. The minimum Gasteiger partial charge on any atom is -0.486 e. The Kier molecular flexibility index (Phi) is 6.55. The van der Waals surface area contributed by atoms with Crippen molar-refractivity contribution < 1.29 is 27.5 Å². The third-order valence-electron chi connectivity index (χ3n) is 5.23. The number of anilines is 1. The molecule has 1 aliphatic rings. The van der Waals surface area contributed by atoms with E-state index in [0.717, 1.165) is 0 Å². The molecule has 0 bridgehead atoms. The Labute approximate surface area is 192 Å². The maximum Gasteiger partial charge on any atom is 0.272 e. The fraction of sp³-hybridized carbons (Fsp3) is 0.273. The Hall–Kier alpha value is -3.53. The van der Waals surface area contributed by atoms with Crippen molar-refractivity contribution in [2.24, 2.45) is 0 Å². The van der Waals surface area contributed by atoms with E-state index in [1.807, 2.05) is 6.92 Å². The Morgan fingerprint density at radius 2 is 2.15 bits per heavy atom. The van der Waals surface area contributed by atoms with Crippen LogP contribution in [-0.4, -0.2) is 39.7 Å². The van der Waals surface area contributed by atoms with Crippen LogP contribution in [0.3, 0.4) is 0 Å². The van der Waals surface area contributed by atoms with E-state index in [-0.39, 0.29) is 41.6 Å². The van der Waals surface area contributed by atoms with Gasteiger partial charge in [-0.3, -0.25) is 9.59 Å². The van der Waals surface area contributed by atoms with Crippen LogP contribution in [0.1, 0.15) is 40.1 Å². The summed E-state index contributed by atoms with van der Waals surface area (Å²) in [5.41, 5.74) is 2.22. The van der Waals surface area contributed by atoms with E-state index in [9.17, 15) is 18.4 Å². The summed E-state index contributed by atoms with van der Waals surface area (Å²) in [4.78, 5) is 35.2. The molecule has 1 atom stereocenters. The molecule has 8 nitrogen and oxygen atoms in total. The van der Waals surface area contributed by atoms with Crippen LogP contribution in [0.2, 0.25) is 5.02 Å². The highest BCUT2D eigenvalue weighted by molar-refractivity contribution is 6.32. The maximum atomic E-state index is 13.1. The van der Waals surface area contributed by atoms with Crippen LogP contribution in [-0.2, 0) is 17.8 Å². The average Bonchev–Trinajstić information content (AvgIpc) is 3.40. The number of pyridine rings is 1. The van der Waals surface area contributed by atoms with E-state index >= 15 is 0 Å². The number of carbonyl (C=O) groups is 2. The molecule has 0 spiro atoms. The molecular formula is C22H19ClF2N4O4. The molecule has 0 aliphatic carbocycles. The van der Waals surface area contributed by atoms with Crippen LogP contribution in [0, 0.1) is 0 Å². The van der Waals surface area contributed by atoms with Crippen LogP contribution in [0.15, 0.2) is 47.5 Å². The second-order valence-corrected chi connectivity index (χ2v) is 7.80. The number of carbonyl (C=O) groups excluding carboxylic acids is 2. The number of hydrogen-bond acceptors (Lipinski definition) is 6. The number of fused-ring (bicyclic) bond motifs is 1. The minimum absolute atomic E-state index is 0.00832. The summed E-state index contributed by atoms with van der Waals surface area (Å²) in [7, 11) is 0. The van der Waals surface area contributed by atoms with E-state index in [1.165, 1.54) is 24.9 Å². The summed E-state index contributed by atoms with van der Waals surface area (Å²) in [6.45, 7) is 1.29. The molecule has 4 rings (SSSR count). The first-order chi connectivity index (χ1) is 15.8. The molecule has 1 aromatic carbocycles. The highest BCUT2D eigenvalue weighted by Crippen LogP contribution is 2.36. The minimum atomic E-state index is -2.61. The normalized spacial score (nSPS) is 13.8. The zero-order chi connectivity index (χ0) is 23.5. The van der Waals surface area contributed by atoms with Gasteiger partial charge in [0.15, 0.2) is 6.39 Å². The Morgan fingerprint density at radius 1 is 1.33 bits per heavy atom. The van der Waals surface area contributed by atoms with Crippen LogP contribution in [0.4, 0.5) is 14.6 Å². The van der Waals surface area contributed by atoms with Gasteiger partial charge < -0.3 is 19.4 Å². The van der Waals surface area contributed by atoms with E-state index < -0.39 is 13.0 Å². The van der Waals surface area contributed by atoms with Crippen LogP contribution in [0.5, 0.6) is 5.75 Å². The molecule has 33 heavy (non-hydrogen) atoms. The fourth-order valence-corrected chi connectivity index (χ4v) is 3.81. The van der Waals surface area contributed by atoms with Crippen molar-refractivity contribution in [1.29, 1.82) is 0 Å². The van der Waals surface area contributed by atoms with E-state index in [1.54, 1.807) is 23.1 Å². The van der Waals surface area contributed by atoms with Gasteiger partial charge in [0.2, 0.25) is 5.91 Å². The maximum absolute atomic E-state index is 13.1. The third-order valence-corrected chi connectivity index (χ3v) is 5.52. The van der Waals surface area contributed by atoms with Crippen LogP contribution >= 0.6 is 11.6 Å². The van der Waals surface area contributed by atoms with Gasteiger partial charge in [-0.25, -0.2) is 18.7 Å². The molecule has 11 heteroatoms. The lowest BCUT2D eigenvalue weighted by Gasteiger charge is -2.25. The van der Waals surface area contributed by atoms with Gasteiger partial charge in [0.1, 0.15) is 24.4 Å². The lowest BCUT2D eigenvalue weighted by Crippen LogP contribution is -2.27. The van der Waals surface area contributed by atoms with Crippen molar-refractivity contribution in [2.45, 2.75) is 32.4 Å². The Bertz CT molecular complexity index is 1170. The van der Waals surface area contributed by atoms with E-state index in [4.69, 9.17) is 20.8 Å². The second kappa shape index (κ2) is 9.53. The number of rotatable bonds is 8. The summed E-state index contributed by atoms with van der Waals surface area (Å²) >= 11 is 6.19. The van der Waals surface area contributed by atoms with Gasteiger partial charge in [-0.1, -0.05) is 17.7 Å². The van der Waals surface area contributed by atoms with Crippen LogP contribution in [0.25, 0.3) is 0 Å². The second-order valence-electron chi connectivity index (χ2n) is 7.39. The molecule has 172 valence electrons. The molecule has 1 aliphatic heterocycles. The first-order valence-corrected chi connectivity index (χ1v) is 10.4. The number of halogens is 3. The summed E-state index contributed by atoms with van der Waals surface area (Å²) in [6, 6.07) is 5.98. The number of alkyl halides is 2. The molecule has 1 N–H and O–H groups in total. The first-order valence-electron chi connectivity index (χ1n) is 9.99. The standard InChI is InChI=1S/C22H19ClF2N4O4/c1-12(13-2-3-18(17(23)6-13)33-10-19(24)25)29-8-16-15(22(29)31)4-5-26-21(16)28-20(30)7-14-9-32-11-27-14/h2-6,9,11-12,19H,7-8,10H2,1H3,(H,26,28,30). The molecule has 0 saturated heterocycles. The molecule has 2 amide bonds. The van der Waals surface area contributed by atoms with Crippen molar-refractivity contribution in [1.82, 2.24) is 14.9 Å². The van der Waals surface area contributed by atoms with Gasteiger partial charge in [0.05, 0.1) is 29.7 Å². The van der Waals surface area contributed by atoms with Gasteiger partial charge in [-0.05, 0) is 30.7 Å². The number of oxazole rings is 1. The molecule has 0 radical (unpaired) electrons. The lowest BCUT2D eigenvalue weighted by atomic mass is 10.1. The first kappa shape index (κ1) is 22.7. The molecular weight excluding hydrogens is 458 g/mol. The van der Waals surface area contributed by atoms with Crippen molar-refractivity contribution in [2.75, 3.05) is 11.9 Å². The SMILES string of the molecule is CC(c1ccc(OCC(F)F)c(Cl)c1)N1Cc2c(ccnc2NC(=O)Cc2cocn2)C1=O. The summed E-state index contributed by atoms with van der Waals surface area (Å²) in [5.74, 6) is -0.112.